The molecule has 1 amide bonds. The molecular weight excluding hydrogens is 322 g/mol. The average molecular weight is 351 g/mol. The molecule has 1 aliphatic rings. The fourth-order valence-corrected chi connectivity index (χ4v) is 3.48. The Labute approximate surface area is 156 Å². The van der Waals surface area contributed by atoms with Gasteiger partial charge in [-0.3, -0.25) is 0 Å². The molecule has 0 aliphatic heterocycles. The number of ether oxygens (including phenoxy) is 1. The molecule has 1 N–H and O–H groups in total. The Balaban J connectivity index is 1.80. The third-order valence-electron chi connectivity index (χ3n) is 5.35. The molecule has 1 unspecified atom stereocenters. The summed E-state index contributed by atoms with van der Waals surface area (Å²) in [6.07, 6.45) is 2.15. The van der Waals surface area contributed by atoms with Gasteiger partial charge < -0.3 is 10.1 Å². The summed E-state index contributed by atoms with van der Waals surface area (Å²) in [5.74, 6) is 2.18. The van der Waals surface area contributed by atoms with Crippen molar-refractivity contribution in [3.63, 3.8) is 0 Å². The van der Waals surface area contributed by atoms with Crippen LogP contribution in [-0.4, -0.2) is 6.09 Å². The smallest absolute Gasteiger partial charge is 0.410 e. The summed E-state index contributed by atoms with van der Waals surface area (Å²) in [6, 6.07) is 16.1. The molecule has 0 heterocycles. The summed E-state index contributed by atoms with van der Waals surface area (Å²) in [4.78, 5) is 12.6. The van der Waals surface area contributed by atoms with Crippen LogP contribution < -0.4 is 10.1 Å². The van der Waals surface area contributed by atoms with E-state index in [2.05, 4.69) is 44.3 Å². The van der Waals surface area contributed by atoms with Gasteiger partial charge in [-0.15, -0.1) is 0 Å². The lowest BCUT2D eigenvalue weighted by molar-refractivity contribution is 0.195. The van der Waals surface area contributed by atoms with Crippen LogP contribution in [0.1, 0.15) is 75.1 Å². The van der Waals surface area contributed by atoms with E-state index in [1.54, 1.807) is 0 Å². The molecule has 0 spiro atoms. The van der Waals surface area contributed by atoms with E-state index in [1.807, 2.05) is 37.3 Å². The highest BCUT2D eigenvalue weighted by Crippen LogP contribution is 2.46. The molecule has 0 radical (unpaired) electrons. The van der Waals surface area contributed by atoms with E-state index < -0.39 is 6.09 Å². The maximum atomic E-state index is 12.6. The molecule has 3 rings (SSSR count). The second kappa shape index (κ2) is 7.94. The molecule has 3 nitrogen and oxygen atoms in total. The molecule has 0 saturated heterocycles. The minimum atomic E-state index is -0.390. The Hall–Kier alpha value is -2.29. The van der Waals surface area contributed by atoms with Crippen LogP contribution in [0.15, 0.2) is 48.5 Å². The van der Waals surface area contributed by atoms with E-state index >= 15 is 0 Å². The number of carbonyl (C=O) groups excluding carboxylic acids is 1. The summed E-state index contributed by atoms with van der Waals surface area (Å²) in [7, 11) is 0. The van der Waals surface area contributed by atoms with Crippen LogP contribution >= 0.6 is 0 Å². The highest BCUT2D eigenvalue weighted by atomic mass is 16.6. The maximum Gasteiger partial charge on any atom is 0.413 e. The van der Waals surface area contributed by atoms with Gasteiger partial charge in [0.15, 0.2) is 0 Å². The van der Waals surface area contributed by atoms with E-state index in [0.717, 1.165) is 22.4 Å². The van der Waals surface area contributed by atoms with Crippen molar-refractivity contribution in [2.75, 3.05) is 0 Å². The van der Waals surface area contributed by atoms with E-state index in [-0.39, 0.29) is 6.04 Å². The molecule has 1 aliphatic carbocycles. The molecule has 2 atom stereocenters. The summed E-state index contributed by atoms with van der Waals surface area (Å²) in [5, 5.41) is 2.96. The van der Waals surface area contributed by atoms with Crippen LogP contribution in [0.5, 0.6) is 5.75 Å². The van der Waals surface area contributed by atoms with Gasteiger partial charge in [0.1, 0.15) is 5.75 Å². The lowest BCUT2D eigenvalue weighted by atomic mass is 9.90. The summed E-state index contributed by atoms with van der Waals surface area (Å²) >= 11 is 0. The number of carbonyl (C=O) groups is 1. The number of hydrogen-bond acceptors (Lipinski definition) is 2. The number of nitrogens with one attached hydrogen (secondary N) is 1. The average Bonchev–Trinajstić information content (AvgIpc) is 3.47. The third-order valence-corrected chi connectivity index (χ3v) is 5.35. The molecular formula is C23H29NO2. The van der Waals surface area contributed by atoms with Crippen molar-refractivity contribution >= 4 is 6.09 Å². The fourth-order valence-electron chi connectivity index (χ4n) is 3.48. The van der Waals surface area contributed by atoms with Gasteiger partial charge in [-0.2, -0.15) is 0 Å². The summed E-state index contributed by atoms with van der Waals surface area (Å²) < 4.78 is 5.88. The van der Waals surface area contributed by atoms with Crippen LogP contribution in [0, 0.1) is 5.92 Å². The molecule has 0 bridgehead atoms. The van der Waals surface area contributed by atoms with Crippen molar-refractivity contribution in [1.29, 1.82) is 0 Å². The minimum Gasteiger partial charge on any atom is -0.410 e. The highest BCUT2D eigenvalue weighted by Gasteiger charge is 2.32. The Morgan fingerprint density at radius 3 is 2.23 bits per heavy atom. The van der Waals surface area contributed by atoms with E-state index in [1.165, 1.54) is 12.8 Å². The number of rotatable bonds is 6. The molecule has 3 heteroatoms. The van der Waals surface area contributed by atoms with Crippen molar-refractivity contribution in [3.8, 4) is 5.75 Å². The van der Waals surface area contributed by atoms with Crippen molar-refractivity contribution < 1.29 is 9.53 Å². The molecule has 26 heavy (non-hydrogen) atoms. The number of para-hydroxylation sites is 1. The zero-order valence-corrected chi connectivity index (χ0v) is 16.2. The first-order valence-corrected chi connectivity index (χ1v) is 9.63. The zero-order valence-electron chi connectivity index (χ0n) is 16.2. The molecule has 0 aromatic heterocycles. The van der Waals surface area contributed by atoms with Gasteiger partial charge in [0.25, 0.3) is 0 Å². The van der Waals surface area contributed by atoms with E-state index in [9.17, 15) is 4.79 Å². The van der Waals surface area contributed by atoms with Crippen molar-refractivity contribution in [2.24, 2.45) is 5.92 Å². The van der Waals surface area contributed by atoms with Crippen LogP contribution in [0.3, 0.4) is 0 Å². The van der Waals surface area contributed by atoms with Crippen LogP contribution in [0.4, 0.5) is 4.79 Å². The molecule has 2 aromatic rings. The predicted octanol–water partition coefficient (Wildman–Crippen LogP) is 6.17. The fraction of sp³-hybridized carbons (Fsp3) is 0.435. The highest BCUT2D eigenvalue weighted by molar-refractivity contribution is 5.72. The maximum absolute atomic E-state index is 12.6. The van der Waals surface area contributed by atoms with Gasteiger partial charge in [0.2, 0.25) is 0 Å². The second-order valence-corrected chi connectivity index (χ2v) is 7.71. The van der Waals surface area contributed by atoms with E-state index in [4.69, 9.17) is 4.74 Å². The van der Waals surface area contributed by atoms with Gasteiger partial charge in [-0.1, -0.05) is 69.3 Å². The normalized spacial score (nSPS) is 16.2. The van der Waals surface area contributed by atoms with Crippen LogP contribution in [-0.2, 0) is 0 Å². The van der Waals surface area contributed by atoms with Gasteiger partial charge in [0.05, 0.1) is 6.04 Å². The van der Waals surface area contributed by atoms with Gasteiger partial charge in [-0.05, 0) is 54.2 Å². The quantitative estimate of drug-likeness (QED) is 0.675. The van der Waals surface area contributed by atoms with Crippen LogP contribution in [0.2, 0.25) is 0 Å². The summed E-state index contributed by atoms with van der Waals surface area (Å²) in [6.45, 7) is 8.49. The predicted molar refractivity (Wildman–Crippen MR) is 106 cm³/mol. The number of amides is 1. The molecule has 1 fully saturated rings. The Kier molecular flexibility index (Phi) is 5.65. The molecule has 138 valence electrons. The first-order valence-electron chi connectivity index (χ1n) is 9.63. The zero-order chi connectivity index (χ0) is 18.7. The minimum absolute atomic E-state index is 0.0979. The lowest BCUT2D eigenvalue weighted by Crippen LogP contribution is -2.30. The lowest BCUT2D eigenvalue weighted by Gasteiger charge is -2.22. The second-order valence-electron chi connectivity index (χ2n) is 7.71. The molecule has 2 aromatic carbocycles. The summed E-state index contributed by atoms with van der Waals surface area (Å²) in [5.41, 5.74) is 3.31. The topological polar surface area (TPSA) is 38.3 Å². The van der Waals surface area contributed by atoms with Crippen LogP contribution in [0.25, 0.3) is 0 Å². The van der Waals surface area contributed by atoms with Gasteiger partial charge in [0, 0.05) is 0 Å². The SMILES string of the molecule is CC(C)c1cccc(C(C)C2CC2)c1OC(=O)N[C@H](C)c1ccccc1. The largest absolute Gasteiger partial charge is 0.413 e. The van der Waals surface area contributed by atoms with E-state index in [0.29, 0.717) is 17.8 Å². The van der Waals surface area contributed by atoms with Crippen molar-refractivity contribution in [2.45, 2.75) is 58.4 Å². The first kappa shape index (κ1) is 18.5. The van der Waals surface area contributed by atoms with Gasteiger partial charge >= 0.3 is 6.09 Å². The van der Waals surface area contributed by atoms with Gasteiger partial charge in [-0.25, -0.2) is 4.79 Å². The Morgan fingerprint density at radius 1 is 0.962 bits per heavy atom. The first-order chi connectivity index (χ1) is 12.5. The standard InChI is InChI=1S/C23H29NO2/c1-15(2)20-11-8-12-21(16(3)18-13-14-18)22(20)26-23(25)24-17(4)19-9-6-5-7-10-19/h5-12,15-18H,13-14H2,1-4H3,(H,24,25)/t16?,17-/m1/s1. The van der Waals surface area contributed by atoms with Crippen molar-refractivity contribution in [1.82, 2.24) is 5.32 Å². The monoisotopic (exact) mass is 351 g/mol. The molecule has 1 saturated carbocycles. The van der Waals surface area contributed by atoms with Crippen molar-refractivity contribution in [3.05, 3.63) is 65.2 Å². The Bertz CT molecular complexity index is 750. The Morgan fingerprint density at radius 2 is 1.62 bits per heavy atom. The number of benzene rings is 2. The number of hydrogen-bond donors (Lipinski definition) is 1. The third kappa shape index (κ3) is 4.27.